The summed E-state index contributed by atoms with van der Waals surface area (Å²) in [6.45, 7) is 3.56. The Kier molecular flexibility index (Phi) is 4.90. The lowest BCUT2D eigenvalue weighted by Gasteiger charge is -2.31. The average Bonchev–Trinajstić information content (AvgIpc) is 2.17. The zero-order chi connectivity index (χ0) is 10.4. The number of rotatable bonds is 5. The van der Waals surface area contributed by atoms with Crippen LogP contribution in [0.2, 0.25) is 0 Å². The highest BCUT2D eigenvalue weighted by Gasteiger charge is 2.18. The van der Waals surface area contributed by atoms with Gasteiger partial charge in [0.1, 0.15) is 0 Å². The third-order valence-electron chi connectivity index (χ3n) is 2.92. The van der Waals surface area contributed by atoms with Crippen molar-refractivity contribution >= 4 is 5.97 Å². The summed E-state index contributed by atoms with van der Waals surface area (Å²) in [6, 6.07) is 0. The zero-order valence-corrected chi connectivity index (χ0v) is 8.61. The number of nitrogens with zero attached hydrogens (tertiary/aromatic N) is 1. The molecular formula is C10H20N2O2. The van der Waals surface area contributed by atoms with Crippen molar-refractivity contribution in [3.8, 4) is 0 Å². The van der Waals surface area contributed by atoms with Gasteiger partial charge in [-0.3, -0.25) is 4.79 Å². The molecule has 0 aromatic carbocycles. The van der Waals surface area contributed by atoms with Crippen LogP contribution < -0.4 is 5.73 Å². The van der Waals surface area contributed by atoms with Crippen molar-refractivity contribution in [3.63, 3.8) is 0 Å². The number of piperidine rings is 1. The summed E-state index contributed by atoms with van der Waals surface area (Å²) in [4.78, 5) is 12.6. The Hall–Kier alpha value is -0.610. The number of hydrogen-bond acceptors (Lipinski definition) is 3. The normalized spacial score (nSPS) is 19.8. The minimum Gasteiger partial charge on any atom is -0.481 e. The van der Waals surface area contributed by atoms with Crippen LogP contribution in [0, 0.1) is 5.92 Å². The van der Waals surface area contributed by atoms with Gasteiger partial charge < -0.3 is 15.7 Å². The van der Waals surface area contributed by atoms with Crippen LogP contribution in [0.15, 0.2) is 0 Å². The number of carboxylic acid groups (broad SMARTS) is 1. The number of likely N-dealkylation sites (tertiary alicyclic amines) is 1. The Bertz CT molecular complexity index is 177. The minimum atomic E-state index is -0.700. The summed E-state index contributed by atoms with van der Waals surface area (Å²) in [5.74, 6) is 0.0650. The first kappa shape index (κ1) is 11.5. The largest absolute Gasteiger partial charge is 0.481 e. The Morgan fingerprint density at radius 2 is 2.07 bits per heavy atom. The molecule has 1 aliphatic heterocycles. The highest BCUT2D eigenvalue weighted by molar-refractivity contribution is 5.66. The van der Waals surface area contributed by atoms with Crippen LogP contribution in [0.3, 0.4) is 0 Å². The first-order valence-electron chi connectivity index (χ1n) is 5.36. The van der Waals surface area contributed by atoms with Crippen LogP contribution in [0.5, 0.6) is 0 Å². The standard InChI is InChI=1S/C10H20N2O2/c11-5-1-9-2-6-12(7-3-9)8-4-10(13)14/h9H,1-8,11H2,(H,13,14). The van der Waals surface area contributed by atoms with Crippen molar-refractivity contribution in [3.05, 3.63) is 0 Å². The quantitative estimate of drug-likeness (QED) is 0.679. The molecule has 4 nitrogen and oxygen atoms in total. The molecule has 1 heterocycles. The maximum Gasteiger partial charge on any atom is 0.304 e. The van der Waals surface area contributed by atoms with E-state index in [2.05, 4.69) is 4.90 Å². The fourth-order valence-electron chi connectivity index (χ4n) is 1.99. The highest BCUT2D eigenvalue weighted by atomic mass is 16.4. The second-order valence-electron chi connectivity index (χ2n) is 4.01. The fourth-order valence-corrected chi connectivity index (χ4v) is 1.99. The lowest BCUT2D eigenvalue weighted by atomic mass is 9.93. The van der Waals surface area contributed by atoms with E-state index in [1.807, 2.05) is 0 Å². The molecule has 1 rings (SSSR count). The lowest BCUT2D eigenvalue weighted by molar-refractivity contribution is -0.137. The van der Waals surface area contributed by atoms with Crippen molar-refractivity contribution in [2.24, 2.45) is 11.7 Å². The summed E-state index contributed by atoms with van der Waals surface area (Å²) in [6.07, 6.45) is 3.74. The fraction of sp³-hybridized carbons (Fsp3) is 0.900. The first-order chi connectivity index (χ1) is 6.72. The van der Waals surface area contributed by atoms with Gasteiger partial charge in [0.05, 0.1) is 6.42 Å². The third-order valence-corrected chi connectivity index (χ3v) is 2.92. The first-order valence-corrected chi connectivity index (χ1v) is 5.36. The van der Waals surface area contributed by atoms with E-state index in [4.69, 9.17) is 10.8 Å². The monoisotopic (exact) mass is 200 g/mol. The summed E-state index contributed by atoms with van der Waals surface area (Å²) < 4.78 is 0. The van der Waals surface area contributed by atoms with E-state index in [9.17, 15) is 4.79 Å². The molecule has 0 radical (unpaired) electrons. The number of carbonyl (C=O) groups is 1. The highest BCUT2D eigenvalue weighted by Crippen LogP contribution is 2.19. The molecule has 1 saturated heterocycles. The Balaban J connectivity index is 2.12. The Morgan fingerprint density at radius 3 is 2.57 bits per heavy atom. The predicted molar refractivity (Wildman–Crippen MR) is 55.1 cm³/mol. The topological polar surface area (TPSA) is 66.6 Å². The molecule has 0 aromatic rings. The molecule has 0 aromatic heterocycles. The van der Waals surface area contributed by atoms with E-state index in [0.29, 0.717) is 6.54 Å². The van der Waals surface area contributed by atoms with Gasteiger partial charge in [-0.25, -0.2) is 0 Å². The predicted octanol–water partition coefficient (Wildman–Crippen LogP) is 0.522. The lowest BCUT2D eigenvalue weighted by Crippen LogP contribution is -2.35. The third kappa shape index (κ3) is 4.07. The van der Waals surface area contributed by atoms with Gasteiger partial charge in [-0.15, -0.1) is 0 Å². The van der Waals surface area contributed by atoms with Crippen LogP contribution in [0.25, 0.3) is 0 Å². The molecule has 0 saturated carbocycles. The van der Waals surface area contributed by atoms with Gasteiger partial charge >= 0.3 is 5.97 Å². The van der Waals surface area contributed by atoms with Crippen molar-refractivity contribution in [2.45, 2.75) is 25.7 Å². The van der Waals surface area contributed by atoms with E-state index in [1.54, 1.807) is 0 Å². The molecule has 0 spiro atoms. The molecular weight excluding hydrogens is 180 g/mol. The molecule has 3 N–H and O–H groups in total. The molecule has 82 valence electrons. The van der Waals surface area contributed by atoms with Gasteiger partial charge in [-0.2, -0.15) is 0 Å². The van der Waals surface area contributed by atoms with E-state index in [1.165, 1.54) is 12.8 Å². The second-order valence-corrected chi connectivity index (χ2v) is 4.01. The zero-order valence-electron chi connectivity index (χ0n) is 8.61. The summed E-state index contributed by atoms with van der Waals surface area (Å²) >= 11 is 0. The number of aliphatic carboxylic acids is 1. The summed E-state index contributed by atoms with van der Waals surface area (Å²) in [7, 11) is 0. The number of carboxylic acids is 1. The summed E-state index contributed by atoms with van der Waals surface area (Å²) in [5, 5.41) is 8.54. The molecule has 0 amide bonds. The molecule has 0 unspecified atom stereocenters. The smallest absolute Gasteiger partial charge is 0.304 e. The number of nitrogens with two attached hydrogens (primary N) is 1. The Labute approximate surface area is 85.1 Å². The van der Waals surface area contributed by atoms with Crippen LogP contribution in [0.1, 0.15) is 25.7 Å². The van der Waals surface area contributed by atoms with Gasteiger partial charge in [0, 0.05) is 6.54 Å². The van der Waals surface area contributed by atoms with Gasteiger partial charge in [0.25, 0.3) is 0 Å². The molecule has 14 heavy (non-hydrogen) atoms. The van der Waals surface area contributed by atoms with E-state index in [0.717, 1.165) is 32.0 Å². The van der Waals surface area contributed by atoms with Crippen LogP contribution in [-0.2, 0) is 4.79 Å². The maximum atomic E-state index is 10.4. The molecule has 0 bridgehead atoms. The SMILES string of the molecule is NCCC1CCN(CCC(=O)O)CC1. The Morgan fingerprint density at radius 1 is 1.43 bits per heavy atom. The van der Waals surface area contributed by atoms with Gasteiger partial charge in [-0.05, 0) is 44.8 Å². The van der Waals surface area contributed by atoms with Crippen molar-refractivity contribution in [1.82, 2.24) is 4.90 Å². The van der Waals surface area contributed by atoms with Gasteiger partial charge in [-0.1, -0.05) is 0 Å². The second kappa shape index (κ2) is 5.98. The maximum absolute atomic E-state index is 10.4. The molecule has 1 fully saturated rings. The van der Waals surface area contributed by atoms with Crippen LogP contribution in [0.4, 0.5) is 0 Å². The molecule has 0 atom stereocenters. The van der Waals surface area contributed by atoms with Crippen LogP contribution in [-0.4, -0.2) is 42.2 Å². The number of hydrogen-bond donors (Lipinski definition) is 2. The van der Waals surface area contributed by atoms with Crippen molar-refractivity contribution < 1.29 is 9.90 Å². The summed E-state index contributed by atoms with van der Waals surface area (Å²) in [5.41, 5.74) is 5.50. The van der Waals surface area contributed by atoms with E-state index < -0.39 is 5.97 Å². The average molecular weight is 200 g/mol. The van der Waals surface area contributed by atoms with Gasteiger partial charge in [0.2, 0.25) is 0 Å². The van der Waals surface area contributed by atoms with E-state index >= 15 is 0 Å². The molecule has 1 aliphatic rings. The van der Waals surface area contributed by atoms with E-state index in [-0.39, 0.29) is 6.42 Å². The molecule has 0 aliphatic carbocycles. The molecule has 4 heteroatoms. The minimum absolute atomic E-state index is 0.265. The van der Waals surface area contributed by atoms with Crippen molar-refractivity contribution in [2.75, 3.05) is 26.2 Å². The van der Waals surface area contributed by atoms with Crippen LogP contribution >= 0.6 is 0 Å². The van der Waals surface area contributed by atoms with Crippen molar-refractivity contribution in [1.29, 1.82) is 0 Å². The van der Waals surface area contributed by atoms with Gasteiger partial charge in [0.15, 0.2) is 0 Å².